The summed E-state index contributed by atoms with van der Waals surface area (Å²) in [6.07, 6.45) is 6.21. The molecule has 2 aliphatic carbocycles. The third-order valence-electron chi connectivity index (χ3n) is 8.08. The maximum Gasteiger partial charge on any atom is 0.345 e. The summed E-state index contributed by atoms with van der Waals surface area (Å²) in [4.78, 5) is 13.1. The van der Waals surface area contributed by atoms with E-state index in [0.29, 0.717) is 12.8 Å². The fraction of sp³-hybridized carbons (Fsp3) is 0.531. The number of nitrogens with one attached hydrogen (secondary N) is 3. The first-order chi connectivity index (χ1) is 20.4. The standard InChI is InChI=1S/C16H24NOP.C15H19F2N3O.CH2F2/c1-3-14-15(11(2)18)7-13(8-16(14)19)10-17-9-12-5-4-6-12;1-10-4-3-5-11(6-10)15(13(19)20(2)9-18)7-12(8-15)21-14(16)17;2-1-3/h7-8,12,17H,3-6,9-10,19H2,1-2H3;3-6,9,12,14,18-19H,7-8H2,1-2H3;1H2. The number of likely N-dealkylation sites (N-methyl/N-ethyl adjacent to an activating group) is 1. The van der Waals surface area contributed by atoms with Crippen molar-refractivity contribution in [3.63, 3.8) is 0 Å². The second kappa shape index (κ2) is 17.6. The molecule has 0 spiro atoms. The predicted molar refractivity (Wildman–Crippen MR) is 169 cm³/mol. The molecule has 4 rings (SSSR count). The van der Waals surface area contributed by atoms with Crippen LogP contribution in [-0.4, -0.2) is 56.1 Å². The van der Waals surface area contributed by atoms with Crippen LogP contribution in [0.2, 0.25) is 0 Å². The summed E-state index contributed by atoms with van der Waals surface area (Å²) in [6.45, 7) is 3.14. The molecule has 2 fully saturated rings. The van der Waals surface area contributed by atoms with Crippen molar-refractivity contribution in [2.75, 3.05) is 20.5 Å². The molecular formula is C32H45F4N4O2P. The van der Waals surface area contributed by atoms with Crippen molar-refractivity contribution in [3.05, 3.63) is 64.2 Å². The van der Waals surface area contributed by atoms with Gasteiger partial charge in [0.1, 0.15) is 5.84 Å². The smallest absolute Gasteiger partial charge is 0.324 e. The quantitative estimate of drug-likeness (QED) is 0.0837. The summed E-state index contributed by atoms with van der Waals surface area (Å²) in [7, 11) is 4.39. The lowest BCUT2D eigenvalue weighted by Gasteiger charge is -2.49. The summed E-state index contributed by atoms with van der Waals surface area (Å²) in [5.74, 6) is 1.27. The SMILES string of the molecule is CCc1c(P)cc(CNCC2CCC2)cc1C(C)=O.Cc1cccc(C2(C(=N)N(C)C=N)CC(OC(F)F)C2)c1.FCF. The number of carbonyl (C=O) groups is 1. The van der Waals surface area contributed by atoms with Crippen molar-refractivity contribution >= 4 is 32.5 Å². The molecule has 1 unspecified atom stereocenters. The van der Waals surface area contributed by atoms with Gasteiger partial charge in [0, 0.05) is 19.2 Å². The lowest BCUT2D eigenvalue weighted by atomic mass is 9.61. The molecule has 1 atom stereocenters. The summed E-state index contributed by atoms with van der Waals surface area (Å²) >= 11 is 0. The van der Waals surface area contributed by atoms with Crippen LogP contribution in [0.3, 0.4) is 0 Å². The zero-order valence-electron chi connectivity index (χ0n) is 25.5. The Morgan fingerprint density at radius 1 is 1.23 bits per heavy atom. The lowest BCUT2D eigenvalue weighted by Crippen LogP contribution is -2.56. The first-order valence-corrected chi connectivity index (χ1v) is 15.1. The predicted octanol–water partition coefficient (Wildman–Crippen LogP) is 6.88. The molecule has 0 radical (unpaired) electrons. The van der Waals surface area contributed by atoms with Crippen molar-refractivity contribution < 1.29 is 27.1 Å². The van der Waals surface area contributed by atoms with E-state index in [1.165, 1.54) is 35.3 Å². The highest BCUT2D eigenvalue weighted by atomic mass is 31.0. The third-order valence-corrected chi connectivity index (χ3v) is 8.60. The van der Waals surface area contributed by atoms with Gasteiger partial charge in [0.05, 0.1) is 17.9 Å². The zero-order chi connectivity index (χ0) is 32.2. The Labute approximate surface area is 255 Å². The Kier molecular flexibility index (Phi) is 14.9. The highest BCUT2D eigenvalue weighted by molar-refractivity contribution is 7.27. The molecule has 11 heteroatoms. The largest absolute Gasteiger partial charge is 0.345 e. The van der Waals surface area contributed by atoms with Gasteiger partial charge in [0.15, 0.2) is 5.78 Å². The van der Waals surface area contributed by atoms with Crippen LogP contribution in [0.4, 0.5) is 17.6 Å². The highest BCUT2D eigenvalue weighted by Gasteiger charge is 2.51. The molecule has 43 heavy (non-hydrogen) atoms. The van der Waals surface area contributed by atoms with Crippen molar-refractivity contribution in [2.24, 2.45) is 5.92 Å². The van der Waals surface area contributed by atoms with E-state index in [1.807, 2.05) is 31.2 Å². The Morgan fingerprint density at radius 2 is 1.88 bits per heavy atom. The Balaban J connectivity index is 0.000000276. The van der Waals surface area contributed by atoms with Crippen LogP contribution >= 0.6 is 9.24 Å². The Hall–Kier alpha value is -2.68. The third kappa shape index (κ3) is 10.2. The molecular weight excluding hydrogens is 579 g/mol. The van der Waals surface area contributed by atoms with Gasteiger partial charge in [-0.25, -0.2) is 8.78 Å². The van der Waals surface area contributed by atoms with E-state index in [9.17, 15) is 22.4 Å². The number of benzene rings is 2. The number of rotatable bonds is 11. The molecule has 0 amide bonds. The number of alkyl halides is 4. The van der Waals surface area contributed by atoms with Gasteiger partial charge in [-0.15, -0.1) is 9.24 Å². The summed E-state index contributed by atoms with van der Waals surface area (Å²) in [5, 5.41) is 20.3. The summed E-state index contributed by atoms with van der Waals surface area (Å²) in [6, 6.07) is 12.0. The van der Waals surface area contributed by atoms with Crippen LogP contribution in [0.1, 0.15) is 78.6 Å². The number of ether oxygens (including phenoxy) is 1. The number of ketones is 1. The molecule has 2 aliphatic rings. The topological polar surface area (TPSA) is 89.3 Å². The minimum Gasteiger partial charge on any atom is -0.324 e. The molecule has 2 aromatic carbocycles. The van der Waals surface area contributed by atoms with Gasteiger partial charge in [-0.05, 0) is 86.5 Å². The van der Waals surface area contributed by atoms with E-state index in [4.69, 9.17) is 10.8 Å². The van der Waals surface area contributed by atoms with Gasteiger partial charge in [0.2, 0.25) is 6.93 Å². The normalized spacial score (nSPS) is 19.2. The Bertz CT molecular complexity index is 1220. The van der Waals surface area contributed by atoms with E-state index in [1.54, 1.807) is 14.0 Å². The van der Waals surface area contributed by atoms with Crippen LogP contribution in [0.25, 0.3) is 0 Å². The average Bonchev–Trinajstić information content (AvgIpc) is 2.91. The molecule has 0 aliphatic heterocycles. The zero-order valence-corrected chi connectivity index (χ0v) is 26.6. The average molecular weight is 625 g/mol. The van der Waals surface area contributed by atoms with E-state index in [0.717, 1.165) is 53.8 Å². The van der Waals surface area contributed by atoms with Crippen molar-refractivity contribution in [1.29, 1.82) is 10.8 Å². The summed E-state index contributed by atoms with van der Waals surface area (Å²) in [5.41, 5.74) is 4.57. The maximum absolute atomic E-state index is 12.3. The molecule has 2 saturated carbocycles. The number of halogens is 4. The van der Waals surface area contributed by atoms with Crippen LogP contribution < -0.4 is 10.6 Å². The van der Waals surface area contributed by atoms with E-state index in [-0.39, 0.29) is 11.6 Å². The van der Waals surface area contributed by atoms with E-state index in [2.05, 4.69) is 38.3 Å². The number of amidine groups is 1. The first kappa shape index (κ1) is 36.5. The minimum atomic E-state index is -2.79. The molecule has 238 valence electrons. The van der Waals surface area contributed by atoms with Crippen LogP contribution in [0.15, 0.2) is 36.4 Å². The number of hydrogen-bond donors (Lipinski definition) is 3. The van der Waals surface area contributed by atoms with Gasteiger partial charge in [0.25, 0.3) is 0 Å². The fourth-order valence-electron chi connectivity index (χ4n) is 5.55. The van der Waals surface area contributed by atoms with Gasteiger partial charge >= 0.3 is 6.61 Å². The summed E-state index contributed by atoms with van der Waals surface area (Å²) < 4.78 is 48.5. The van der Waals surface area contributed by atoms with Crippen molar-refractivity contribution in [2.45, 2.75) is 84.0 Å². The number of carbonyl (C=O) groups excluding carboxylic acids is 1. The van der Waals surface area contributed by atoms with Gasteiger partial charge in [-0.3, -0.25) is 15.6 Å². The molecule has 3 N–H and O–H groups in total. The second-order valence-electron chi connectivity index (χ2n) is 11.1. The molecule has 0 bridgehead atoms. The minimum absolute atomic E-state index is 0.168. The van der Waals surface area contributed by atoms with Crippen LogP contribution in [0.5, 0.6) is 0 Å². The molecule has 0 heterocycles. The molecule has 0 aromatic heterocycles. The van der Waals surface area contributed by atoms with Crippen molar-refractivity contribution in [1.82, 2.24) is 10.2 Å². The Morgan fingerprint density at radius 3 is 2.37 bits per heavy atom. The number of aryl methyl sites for hydroxylation is 1. The van der Waals surface area contributed by atoms with Crippen molar-refractivity contribution in [3.8, 4) is 0 Å². The highest BCUT2D eigenvalue weighted by Crippen LogP contribution is 2.47. The van der Waals surface area contributed by atoms with Gasteiger partial charge in [-0.2, -0.15) is 8.78 Å². The molecule has 6 nitrogen and oxygen atoms in total. The second-order valence-corrected chi connectivity index (χ2v) is 11.7. The number of hydrogen-bond acceptors (Lipinski definition) is 5. The van der Waals surface area contributed by atoms with E-state index >= 15 is 0 Å². The maximum atomic E-state index is 12.3. The van der Waals surface area contributed by atoms with E-state index < -0.39 is 25.1 Å². The van der Waals surface area contributed by atoms with Crippen LogP contribution in [0, 0.1) is 23.7 Å². The van der Waals surface area contributed by atoms with Gasteiger partial charge in [-0.1, -0.05) is 49.2 Å². The fourth-order valence-corrected chi connectivity index (χ4v) is 6.13. The lowest BCUT2D eigenvalue weighted by molar-refractivity contribution is -0.190. The van der Waals surface area contributed by atoms with Gasteiger partial charge < -0.3 is 15.0 Å². The number of nitrogens with zero attached hydrogens (tertiary/aromatic N) is 1. The molecule has 2 aromatic rings. The number of Topliss-reactive ketones (excluding diaryl/α,β-unsaturated/α-hetero) is 1. The molecule has 0 saturated heterocycles. The monoisotopic (exact) mass is 624 g/mol. The van der Waals surface area contributed by atoms with Crippen LogP contribution in [-0.2, 0) is 23.1 Å². The first-order valence-electron chi connectivity index (χ1n) is 14.5.